The predicted molar refractivity (Wildman–Crippen MR) is 90.1 cm³/mol. The number of benzene rings is 1. The van der Waals surface area contributed by atoms with Crippen molar-refractivity contribution < 1.29 is 9.90 Å². The molecule has 0 spiro atoms. The lowest BCUT2D eigenvalue weighted by molar-refractivity contribution is -0.141. The molecule has 0 bridgehead atoms. The van der Waals surface area contributed by atoms with Crippen LogP contribution in [0.1, 0.15) is 40.2 Å². The van der Waals surface area contributed by atoms with Crippen LogP contribution in [0.2, 0.25) is 0 Å². The van der Waals surface area contributed by atoms with Crippen LogP contribution in [0.15, 0.2) is 24.3 Å². The van der Waals surface area contributed by atoms with Crippen LogP contribution in [0.4, 0.5) is 5.69 Å². The minimum atomic E-state index is -0.929. The van der Waals surface area contributed by atoms with Crippen molar-refractivity contribution in [3.63, 3.8) is 0 Å². The Morgan fingerprint density at radius 3 is 2.32 bits per heavy atom. The third kappa shape index (κ3) is 3.43. The molecule has 2 unspecified atom stereocenters. The molecule has 0 aliphatic carbocycles. The Labute approximate surface area is 133 Å². The van der Waals surface area contributed by atoms with Crippen LogP contribution in [-0.4, -0.2) is 46.7 Å². The molecule has 1 aliphatic rings. The van der Waals surface area contributed by atoms with E-state index in [1.807, 2.05) is 11.8 Å². The highest BCUT2D eigenvalue weighted by Crippen LogP contribution is 2.28. The number of nitrogens with zero attached hydrogens (tertiary/aromatic N) is 2. The molecular weight excluding hydrogens is 276 g/mol. The van der Waals surface area contributed by atoms with Crippen molar-refractivity contribution in [2.24, 2.45) is 0 Å². The third-order valence-corrected chi connectivity index (χ3v) is 4.58. The van der Waals surface area contributed by atoms with Crippen LogP contribution in [0.5, 0.6) is 0 Å². The predicted octanol–water partition coefficient (Wildman–Crippen LogP) is 2.45. The zero-order chi connectivity index (χ0) is 16.5. The van der Waals surface area contributed by atoms with Gasteiger partial charge < -0.3 is 14.9 Å². The second-order valence-corrected chi connectivity index (χ2v) is 6.87. The number of aryl methyl sites for hydroxylation is 1. The van der Waals surface area contributed by atoms with Gasteiger partial charge in [-0.3, -0.25) is 4.79 Å². The fourth-order valence-corrected chi connectivity index (χ4v) is 3.33. The van der Waals surface area contributed by atoms with Crippen molar-refractivity contribution in [2.45, 2.75) is 58.7 Å². The van der Waals surface area contributed by atoms with E-state index in [-0.39, 0.29) is 18.0 Å². The number of carbonyl (C=O) groups is 1. The molecule has 0 radical (unpaired) electrons. The van der Waals surface area contributed by atoms with Crippen molar-refractivity contribution in [2.75, 3.05) is 18.0 Å². The number of anilines is 1. The standard InChI is InChI=1S/C18H28N2O2/c1-6-15-7-9-16(10-8-15)19-11-13(2)20(14(3)21)17(12-19)18(4,5)22/h7-10,13,17,22H,6,11-12H2,1-5H3. The number of hydrogen-bond acceptors (Lipinski definition) is 3. The summed E-state index contributed by atoms with van der Waals surface area (Å²) in [6.07, 6.45) is 1.03. The highest BCUT2D eigenvalue weighted by Gasteiger charge is 2.41. The maximum atomic E-state index is 12.0. The highest BCUT2D eigenvalue weighted by molar-refractivity contribution is 5.74. The minimum Gasteiger partial charge on any atom is -0.388 e. The topological polar surface area (TPSA) is 43.8 Å². The monoisotopic (exact) mass is 304 g/mol. The lowest BCUT2D eigenvalue weighted by atomic mass is 9.92. The van der Waals surface area contributed by atoms with Gasteiger partial charge in [0.1, 0.15) is 0 Å². The number of carbonyl (C=O) groups excluding carboxylic acids is 1. The molecule has 2 atom stereocenters. The summed E-state index contributed by atoms with van der Waals surface area (Å²) in [6.45, 7) is 10.8. The Morgan fingerprint density at radius 2 is 1.86 bits per heavy atom. The summed E-state index contributed by atoms with van der Waals surface area (Å²) in [5.74, 6) is 0.0283. The molecule has 1 aromatic carbocycles. The van der Waals surface area contributed by atoms with E-state index >= 15 is 0 Å². The van der Waals surface area contributed by atoms with Gasteiger partial charge in [0, 0.05) is 31.7 Å². The van der Waals surface area contributed by atoms with Crippen molar-refractivity contribution in [3.05, 3.63) is 29.8 Å². The average Bonchev–Trinajstić information content (AvgIpc) is 2.45. The van der Waals surface area contributed by atoms with Crippen molar-refractivity contribution in [3.8, 4) is 0 Å². The summed E-state index contributed by atoms with van der Waals surface area (Å²) in [7, 11) is 0. The molecule has 0 aromatic heterocycles. The first-order valence-electron chi connectivity index (χ1n) is 8.09. The van der Waals surface area contributed by atoms with Gasteiger partial charge in [-0.05, 0) is 44.9 Å². The maximum absolute atomic E-state index is 12.0. The molecule has 1 aromatic rings. The van der Waals surface area contributed by atoms with Crippen LogP contribution in [0, 0.1) is 0 Å². The number of amides is 1. The van der Waals surface area contributed by atoms with E-state index in [1.165, 1.54) is 5.56 Å². The first-order valence-corrected chi connectivity index (χ1v) is 8.09. The van der Waals surface area contributed by atoms with Gasteiger partial charge in [0.15, 0.2) is 0 Å². The maximum Gasteiger partial charge on any atom is 0.220 e. The van der Waals surface area contributed by atoms with Gasteiger partial charge in [0.25, 0.3) is 0 Å². The summed E-state index contributed by atoms with van der Waals surface area (Å²) < 4.78 is 0. The van der Waals surface area contributed by atoms with Gasteiger partial charge in [-0.25, -0.2) is 0 Å². The van der Waals surface area contributed by atoms with Crippen molar-refractivity contribution in [1.29, 1.82) is 0 Å². The van der Waals surface area contributed by atoms with Gasteiger partial charge in [0.05, 0.1) is 11.6 Å². The zero-order valence-corrected chi connectivity index (χ0v) is 14.3. The molecule has 22 heavy (non-hydrogen) atoms. The van der Waals surface area contributed by atoms with Crippen molar-refractivity contribution >= 4 is 11.6 Å². The quantitative estimate of drug-likeness (QED) is 0.933. The third-order valence-electron chi connectivity index (χ3n) is 4.58. The molecule has 2 rings (SSSR count). The van der Waals surface area contributed by atoms with E-state index in [1.54, 1.807) is 20.8 Å². The van der Waals surface area contributed by atoms with E-state index in [0.29, 0.717) is 6.54 Å². The first-order chi connectivity index (χ1) is 10.2. The zero-order valence-electron chi connectivity index (χ0n) is 14.3. The van der Waals surface area contributed by atoms with Gasteiger partial charge in [-0.1, -0.05) is 19.1 Å². The molecule has 1 aliphatic heterocycles. The normalized spacial score (nSPS) is 22.8. The second-order valence-electron chi connectivity index (χ2n) is 6.87. The fourth-order valence-electron chi connectivity index (χ4n) is 3.33. The van der Waals surface area contributed by atoms with Crippen LogP contribution in [0.3, 0.4) is 0 Å². The highest BCUT2D eigenvalue weighted by atomic mass is 16.3. The lowest BCUT2D eigenvalue weighted by Crippen LogP contribution is -2.65. The van der Waals surface area contributed by atoms with Gasteiger partial charge in [-0.2, -0.15) is 0 Å². The molecule has 0 saturated carbocycles. The number of hydrogen-bond donors (Lipinski definition) is 1. The van der Waals surface area contributed by atoms with Crippen molar-refractivity contribution in [1.82, 2.24) is 4.90 Å². The largest absolute Gasteiger partial charge is 0.388 e. The van der Waals surface area contributed by atoms with E-state index in [2.05, 4.69) is 36.1 Å². The minimum absolute atomic E-state index is 0.0283. The number of aliphatic hydroxyl groups is 1. The smallest absolute Gasteiger partial charge is 0.220 e. The molecule has 1 amide bonds. The van der Waals surface area contributed by atoms with Crippen LogP contribution < -0.4 is 4.90 Å². The average molecular weight is 304 g/mol. The molecule has 1 fully saturated rings. The summed E-state index contributed by atoms with van der Waals surface area (Å²) in [4.78, 5) is 16.1. The SMILES string of the molecule is CCc1ccc(N2CC(C)N(C(C)=O)C(C(C)(C)O)C2)cc1. The summed E-state index contributed by atoms with van der Waals surface area (Å²) in [6, 6.07) is 8.44. The summed E-state index contributed by atoms with van der Waals surface area (Å²) >= 11 is 0. The van der Waals surface area contributed by atoms with Crippen LogP contribution in [0.25, 0.3) is 0 Å². The van der Waals surface area contributed by atoms with E-state index in [9.17, 15) is 9.90 Å². The Bertz CT molecular complexity index is 519. The van der Waals surface area contributed by atoms with E-state index < -0.39 is 5.60 Å². The van der Waals surface area contributed by atoms with Crippen LogP contribution in [-0.2, 0) is 11.2 Å². The van der Waals surface area contributed by atoms with Gasteiger partial charge >= 0.3 is 0 Å². The second kappa shape index (κ2) is 6.29. The number of rotatable bonds is 3. The lowest BCUT2D eigenvalue weighted by Gasteiger charge is -2.50. The van der Waals surface area contributed by atoms with Gasteiger partial charge in [0.2, 0.25) is 5.91 Å². The molecule has 4 heteroatoms. The molecule has 122 valence electrons. The molecule has 1 saturated heterocycles. The molecule has 1 N–H and O–H groups in total. The Hall–Kier alpha value is -1.55. The molecule has 1 heterocycles. The Morgan fingerprint density at radius 1 is 1.27 bits per heavy atom. The van der Waals surface area contributed by atoms with Crippen LogP contribution >= 0.6 is 0 Å². The Kier molecular flexibility index (Phi) is 4.81. The Balaban J connectivity index is 2.27. The molecular formula is C18H28N2O2. The summed E-state index contributed by atoms with van der Waals surface area (Å²) in [5, 5.41) is 10.5. The summed E-state index contributed by atoms with van der Waals surface area (Å²) in [5.41, 5.74) is 1.54. The first kappa shape index (κ1) is 16.8. The van der Waals surface area contributed by atoms with E-state index in [4.69, 9.17) is 0 Å². The number of piperazine rings is 1. The molecule has 4 nitrogen and oxygen atoms in total. The van der Waals surface area contributed by atoms with E-state index in [0.717, 1.165) is 18.7 Å². The van der Waals surface area contributed by atoms with Gasteiger partial charge in [-0.15, -0.1) is 0 Å². The fraction of sp³-hybridized carbons (Fsp3) is 0.611.